The summed E-state index contributed by atoms with van der Waals surface area (Å²) in [6.07, 6.45) is -0.239. The number of aromatic nitrogens is 3. The van der Waals surface area contributed by atoms with Gasteiger partial charge in [0.05, 0.1) is 25.9 Å². The minimum Gasteiger partial charge on any atom is -0.493 e. The van der Waals surface area contributed by atoms with E-state index in [1.807, 2.05) is 45.9 Å². The lowest BCUT2D eigenvalue weighted by Crippen LogP contribution is -2.30. The fraction of sp³-hybridized carbons (Fsp3) is 0.450. The number of carbonyl (C=O) groups is 1. The zero-order valence-electron chi connectivity index (χ0n) is 17.5. The largest absolute Gasteiger partial charge is 0.493 e. The lowest BCUT2D eigenvalue weighted by molar-refractivity contribution is -0.143. The van der Waals surface area contributed by atoms with Crippen LogP contribution in [-0.2, 0) is 9.53 Å². The quantitative estimate of drug-likeness (QED) is 0.539. The highest BCUT2D eigenvalue weighted by atomic mass is 32.2. The first-order valence-corrected chi connectivity index (χ1v) is 10.4. The summed E-state index contributed by atoms with van der Waals surface area (Å²) in [5.74, 6) is 2.22. The van der Waals surface area contributed by atoms with Crippen molar-refractivity contribution in [1.82, 2.24) is 14.8 Å². The number of rotatable bonds is 7. The van der Waals surface area contributed by atoms with Gasteiger partial charge in [0.2, 0.25) is 11.1 Å². The van der Waals surface area contributed by atoms with Crippen LogP contribution in [0.1, 0.15) is 39.3 Å². The van der Waals surface area contributed by atoms with Gasteiger partial charge in [-0.05, 0) is 44.2 Å². The van der Waals surface area contributed by atoms with Gasteiger partial charge in [0.25, 0.3) is 0 Å². The Labute approximate surface area is 174 Å². The summed E-state index contributed by atoms with van der Waals surface area (Å²) < 4.78 is 18.1. The first kappa shape index (κ1) is 21.0. The molecular weight excluding hydrogens is 392 g/mol. The number of anilines is 1. The van der Waals surface area contributed by atoms with Gasteiger partial charge in [0, 0.05) is 5.70 Å². The number of allylic oxidation sites excluding steroid dienone is 1. The Hall–Kier alpha value is -2.68. The molecule has 1 aliphatic rings. The Morgan fingerprint density at radius 3 is 2.62 bits per heavy atom. The van der Waals surface area contributed by atoms with Crippen molar-refractivity contribution < 1.29 is 19.0 Å². The summed E-state index contributed by atoms with van der Waals surface area (Å²) >= 11 is 1.54. The van der Waals surface area contributed by atoms with Crippen LogP contribution in [0.4, 0.5) is 5.95 Å². The van der Waals surface area contributed by atoms with E-state index < -0.39 is 12.0 Å². The maximum absolute atomic E-state index is 13.0. The molecule has 2 heterocycles. The topological polar surface area (TPSA) is 87.5 Å². The third kappa shape index (κ3) is 4.19. The van der Waals surface area contributed by atoms with Crippen molar-refractivity contribution in [3.63, 3.8) is 0 Å². The number of thioether (sulfide) groups is 1. The summed E-state index contributed by atoms with van der Waals surface area (Å²) in [4.78, 5) is 17.5. The number of nitrogens with one attached hydrogen (secondary N) is 1. The monoisotopic (exact) mass is 418 g/mol. The van der Waals surface area contributed by atoms with Gasteiger partial charge in [0.15, 0.2) is 11.5 Å². The molecule has 1 aromatic carbocycles. The average Bonchev–Trinajstić information content (AvgIpc) is 3.07. The molecule has 0 radical (unpaired) electrons. The van der Waals surface area contributed by atoms with Crippen LogP contribution >= 0.6 is 11.8 Å². The minimum atomic E-state index is -0.504. The number of hydrogen-bond donors (Lipinski definition) is 1. The van der Waals surface area contributed by atoms with Crippen LogP contribution in [-0.4, -0.2) is 46.8 Å². The molecule has 0 fully saturated rings. The Kier molecular flexibility index (Phi) is 6.36. The molecule has 1 atom stereocenters. The van der Waals surface area contributed by atoms with Crippen LogP contribution < -0.4 is 14.8 Å². The second-order valence-corrected chi connectivity index (χ2v) is 7.96. The molecule has 29 heavy (non-hydrogen) atoms. The Balaban J connectivity index is 2.16. The fourth-order valence-electron chi connectivity index (χ4n) is 3.19. The van der Waals surface area contributed by atoms with E-state index in [1.54, 1.807) is 18.9 Å². The van der Waals surface area contributed by atoms with Gasteiger partial charge in [-0.2, -0.15) is 4.98 Å². The summed E-state index contributed by atoms with van der Waals surface area (Å²) in [7, 11) is 3.16. The van der Waals surface area contributed by atoms with E-state index in [9.17, 15) is 4.79 Å². The molecule has 1 N–H and O–H groups in total. The predicted molar refractivity (Wildman–Crippen MR) is 112 cm³/mol. The number of ether oxygens (including phenoxy) is 3. The number of methoxy groups -OCH3 is 2. The lowest BCUT2D eigenvalue weighted by atomic mass is 9.95. The van der Waals surface area contributed by atoms with Crippen LogP contribution in [0, 0.1) is 0 Å². The number of nitrogens with zero attached hydrogens (tertiary/aromatic N) is 3. The van der Waals surface area contributed by atoms with Crippen molar-refractivity contribution in [2.75, 3.05) is 25.3 Å². The van der Waals surface area contributed by atoms with Gasteiger partial charge in [-0.1, -0.05) is 24.8 Å². The Morgan fingerprint density at radius 1 is 1.28 bits per heavy atom. The molecule has 0 bridgehead atoms. The zero-order valence-corrected chi connectivity index (χ0v) is 18.3. The van der Waals surface area contributed by atoms with Crippen molar-refractivity contribution in [2.24, 2.45) is 0 Å². The van der Waals surface area contributed by atoms with E-state index in [0.29, 0.717) is 33.9 Å². The van der Waals surface area contributed by atoms with Crippen molar-refractivity contribution >= 4 is 23.7 Å². The summed E-state index contributed by atoms with van der Waals surface area (Å²) in [5.41, 5.74) is 1.98. The molecule has 1 aliphatic heterocycles. The number of esters is 1. The van der Waals surface area contributed by atoms with Crippen molar-refractivity contribution in [2.45, 2.75) is 45.0 Å². The molecule has 3 rings (SSSR count). The summed E-state index contributed by atoms with van der Waals surface area (Å²) in [5, 5.41) is 8.47. The van der Waals surface area contributed by atoms with Gasteiger partial charge in [-0.15, -0.1) is 5.10 Å². The molecule has 2 aromatic rings. The van der Waals surface area contributed by atoms with Crippen LogP contribution in [0.15, 0.2) is 34.6 Å². The molecule has 9 heteroatoms. The number of fused-ring (bicyclic) bond motifs is 1. The van der Waals surface area contributed by atoms with Crippen LogP contribution in [0.25, 0.3) is 0 Å². The number of benzene rings is 1. The maximum Gasteiger partial charge on any atom is 0.338 e. The smallest absolute Gasteiger partial charge is 0.338 e. The zero-order chi connectivity index (χ0) is 21.1. The SMILES string of the molecule is CCSc1nc2n(n1)C(c1ccc(OC)c(OC)c1)C(C(=O)OC(C)C)=C(C)N2. The summed E-state index contributed by atoms with van der Waals surface area (Å²) in [6, 6.07) is 5.06. The number of hydrogen-bond acceptors (Lipinski definition) is 8. The van der Waals surface area contributed by atoms with Crippen molar-refractivity contribution in [3.05, 3.63) is 35.0 Å². The molecule has 0 aliphatic carbocycles. The molecule has 0 saturated carbocycles. The van der Waals surface area contributed by atoms with Gasteiger partial charge in [-0.3, -0.25) is 0 Å². The highest BCUT2D eigenvalue weighted by Gasteiger charge is 2.36. The van der Waals surface area contributed by atoms with Crippen molar-refractivity contribution in [1.29, 1.82) is 0 Å². The molecule has 0 spiro atoms. The maximum atomic E-state index is 13.0. The second-order valence-electron chi connectivity index (χ2n) is 6.73. The molecule has 8 nitrogen and oxygen atoms in total. The number of carbonyl (C=O) groups excluding carboxylic acids is 1. The fourth-order valence-corrected chi connectivity index (χ4v) is 3.75. The normalized spacial score (nSPS) is 15.8. The Morgan fingerprint density at radius 2 is 2.00 bits per heavy atom. The van der Waals surface area contributed by atoms with E-state index >= 15 is 0 Å². The molecule has 1 unspecified atom stereocenters. The first-order chi connectivity index (χ1) is 13.9. The highest BCUT2D eigenvalue weighted by Crippen LogP contribution is 2.39. The summed E-state index contributed by atoms with van der Waals surface area (Å²) in [6.45, 7) is 7.53. The molecule has 1 aromatic heterocycles. The molecular formula is C20H26N4O4S. The lowest BCUT2D eigenvalue weighted by Gasteiger charge is -2.29. The van der Waals surface area contributed by atoms with Crippen LogP contribution in [0.5, 0.6) is 11.5 Å². The van der Waals surface area contributed by atoms with Crippen molar-refractivity contribution in [3.8, 4) is 11.5 Å². The second kappa shape index (κ2) is 8.77. The van der Waals surface area contributed by atoms with E-state index in [0.717, 1.165) is 11.3 Å². The molecule has 0 amide bonds. The molecule has 156 valence electrons. The van der Waals surface area contributed by atoms with E-state index in [4.69, 9.17) is 14.2 Å². The van der Waals surface area contributed by atoms with Crippen LogP contribution in [0.2, 0.25) is 0 Å². The third-order valence-electron chi connectivity index (χ3n) is 4.39. The first-order valence-electron chi connectivity index (χ1n) is 9.39. The van der Waals surface area contributed by atoms with E-state index in [1.165, 1.54) is 11.8 Å². The van der Waals surface area contributed by atoms with E-state index in [2.05, 4.69) is 15.4 Å². The highest BCUT2D eigenvalue weighted by molar-refractivity contribution is 7.99. The molecule has 0 saturated heterocycles. The van der Waals surface area contributed by atoms with Gasteiger partial charge >= 0.3 is 5.97 Å². The van der Waals surface area contributed by atoms with E-state index in [-0.39, 0.29) is 6.10 Å². The Bertz CT molecular complexity index is 939. The third-order valence-corrected chi connectivity index (χ3v) is 5.11. The van der Waals surface area contributed by atoms with Gasteiger partial charge in [0.1, 0.15) is 6.04 Å². The predicted octanol–water partition coefficient (Wildman–Crippen LogP) is 3.65. The van der Waals surface area contributed by atoms with Crippen LogP contribution in [0.3, 0.4) is 0 Å². The average molecular weight is 419 g/mol. The van der Waals surface area contributed by atoms with Gasteiger partial charge in [-0.25, -0.2) is 9.48 Å². The standard InChI is InChI=1S/C20H26N4O4S/c1-7-29-20-22-19-21-12(4)16(18(25)28-11(2)3)17(24(19)23-20)13-8-9-14(26-5)15(10-13)27-6/h8-11,17H,7H2,1-6H3,(H,21,22,23). The van der Waals surface area contributed by atoms with Gasteiger partial charge < -0.3 is 19.5 Å². The minimum absolute atomic E-state index is 0.239.